The van der Waals surface area contributed by atoms with Gasteiger partial charge in [0.05, 0.1) is 5.52 Å². The van der Waals surface area contributed by atoms with E-state index in [1.165, 1.54) is 22.9 Å². The molecule has 2 unspecified atom stereocenters. The van der Waals surface area contributed by atoms with Gasteiger partial charge < -0.3 is 5.32 Å². The highest BCUT2D eigenvalue weighted by atomic mass is 35.5. The third-order valence-electron chi connectivity index (χ3n) is 4.09. The molecule has 1 aliphatic heterocycles. The van der Waals surface area contributed by atoms with Gasteiger partial charge in [-0.15, -0.1) is 12.4 Å². The van der Waals surface area contributed by atoms with Crippen molar-refractivity contribution in [2.75, 3.05) is 13.1 Å². The predicted octanol–water partition coefficient (Wildman–Crippen LogP) is 3.48. The average molecular weight is 281 g/mol. The van der Waals surface area contributed by atoms with E-state index in [1.54, 1.807) is 0 Å². The van der Waals surface area contributed by atoms with Gasteiger partial charge in [-0.1, -0.05) is 11.6 Å². The zero-order valence-electron chi connectivity index (χ0n) is 9.82. The first-order chi connectivity index (χ1) is 8.31. The van der Waals surface area contributed by atoms with Gasteiger partial charge in [-0.2, -0.15) is 0 Å². The fourth-order valence-electron chi connectivity index (χ4n) is 3.30. The van der Waals surface area contributed by atoms with Crippen LogP contribution >= 0.6 is 24.0 Å². The molecule has 1 saturated heterocycles. The summed E-state index contributed by atoms with van der Waals surface area (Å²) in [5, 5.41) is 5.30. The highest BCUT2D eigenvalue weighted by Crippen LogP contribution is 2.44. The third-order valence-corrected chi connectivity index (χ3v) is 4.30. The van der Waals surface area contributed by atoms with Crippen molar-refractivity contribution in [1.82, 2.24) is 10.3 Å². The number of piperidine rings is 1. The number of aromatic nitrogens is 1. The summed E-state index contributed by atoms with van der Waals surface area (Å²) in [7, 11) is 0. The van der Waals surface area contributed by atoms with E-state index in [1.807, 2.05) is 6.07 Å². The molecule has 1 fully saturated rings. The number of nitrogens with zero attached hydrogens (tertiary/aromatic N) is 1. The number of benzene rings is 1. The Bertz CT molecular complexity index is 612. The van der Waals surface area contributed by atoms with Crippen LogP contribution < -0.4 is 5.32 Å². The van der Waals surface area contributed by atoms with E-state index < -0.39 is 0 Å². The molecule has 2 heterocycles. The lowest BCUT2D eigenvalue weighted by Crippen LogP contribution is -2.28. The maximum absolute atomic E-state index is 5.96. The van der Waals surface area contributed by atoms with Gasteiger partial charge in [0, 0.05) is 18.5 Å². The van der Waals surface area contributed by atoms with Crippen molar-refractivity contribution in [1.29, 1.82) is 0 Å². The van der Waals surface area contributed by atoms with Crippen LogP contribution in [0.25, 0.3) is 10.9 Å². The van der Waals surface area contributed by atoms with Crippen LogP contribution in [0.15, 0.2) is 24.3 Å². The lowest BCUT2D eigenvalue weighted by Gasteiger charge is -2.19. The molecule has 4 heteroatoms. The Morgan fingerprint density at radius 2 is 1.83 bits per heavy atom. The van der Waals surface area contributed by atoms with Crippen LogP contribution in [0.4, 0.5) is 0 Å². The summed E-state index contributed by atoms with van der Waals surface area (Å²) in [6.07, 6.45) is 1.30. The second-order valence-corrected chi connectivity index (χ2v) is 5.48. The van der Waals surface area contributed by atoms with Crippen molar-refractivity contribution in [3.63, 3.8) is 0 Å². The van der Waals surface area contributed by atoms with Crippen LogP contribution in [0.5, 0.6) is 0 Å². The first-order valence-electron chi connectivity index (χ1n) is 6.12. The Labute approximate surface area is 117 Å². The first kappa shape index (κ1) is 12.2. The summed E-state index contributed by atoms with van der Waals surface area (Å²) < 4.78 is 0. The molecule has 0 saturated carbocycles. The van der Waals surface area contributed by atoms with Crippen LogP contribution in [-0.2, 0) is 0 Å². The monoisotopic (exact) mass is 280 g/mol. The van der Waals surface area contributed by atoms with E-state index in [4.69, 9.17) is 11.6 Å². The molecule has 2 atom stereocenters. The molecule has 2 aliphatic rings. The summed E-state index contributed by atoms with van der Waals surface area (Å²) in [6, 6.07) is 8.50. The van der Waals surface area contributed by atoms with Crippen molar-refractivity contribution in [3.05, 3.63) is 40.5 Å². The number of halogens is 2. The quantitative estimate of drug-likeness (QED) is 0.748. The standard InChI is InChI=1S/C14H13ClN2.ClH/c15-14-2-1-8-4-11-9-3-10(7-16-6-9)12(11)5-13(8)17-14;/h1-2,4-5,9-10,16H,3,6-7H2;1H. The minimum Gasteiger partial charge on any atom is -0.316 e. The Hall–Kier alpha value is -0.830. The fraction of sp³-hybridized carbons (Fsp3) is 0.357. The van der Waals surface area contributed by atoms with Crippen molar-refractivity contribution >= 4 is 34.9 Å². The van der Waals surface area contributed by atoms with Gasteiger partial charge in [-0.25, -0.2) is 4.98 Å². The minimum atomic E-state index is 0. The smallest absolute Gasteiger partial charge is 0.129 e. The molecule has 1 aliphatic carbocycles. The largest absolute Gasteiger partial charge is 0.316 e. The summed E-state index contributed by atoms with van der Waals surface area (Å²) >= 11 is 5.96. The molecule has 2 nitrogen and oxygen atoms in total. The topological polar surface area (TPSA) is 24.9 Å². The van der Waals surface area contributed by atoms with Crippen molar-refractivity contribution in [3.8, 4) is 0 Å². The SMILES string of the molecule is Cl.Clc1ccc2cc3c(cc2n1)C1CNCC3C1. The van der Waals surface area contributed by atoms with Crippen molar-refractivity contribution in [2.24, 2.45) is 0 Å². The minimum absolute atomic E-state index is 0. The van der Waals surface area contributed by atoms with Gasteiger partial charge in [0.2, 0.25) is 0 Å². The molecule has 1 N–H and O–H groups in total. The van der Waals surface area contributed by atoms with Gasteiger partial charge in [-0.05, 0) is 53.6 Å². The molecule has 18 heavy (non-hydrogen) atoms. The van der Waals surface area contributed by atoms with E-state index >= 15 is 0 Å². The van der Waals surface area contributed by atoms with Crippen molar-refractivity contribution in [2.45, 2.75) is 18.3 Å². The van der Waals surface area contributed by atoms with E-state index in [2.05, 4.69) is 28.5 Å². The molecule has 1 aromatic heterocycles. The zero-order valence-corrected chi connectivity index (χ0v) is 11.4. The van der Waals surface area contributed by atoms with Crippen LogP contribution in [0.1, 0.15) is 29.4 Å². The van der Waals surface area contributed by atoms with Gasteiger partial charge >= 0.3 is 0 Å². The maximum Gasteiger partial charge on any atom is 0.129 e. The number of rotatable bonds is 0. The molecular weight excluding hydrogens is 267 g/mol. The average Bonchev–Trinajstić information content (AvgIpc) is 2.59. The molecule has 0 radical (unpaired) electrons. The molecule has 0 spiro atoms. The second-order valence-electron chi connectivity index (χ2n) is 5.10. The lowest BCUT2D eigenvalue weighted by molar-refractivity contribution is 0.454. The normalized spacial score (nSPS) is 24.7. The highest BCUT2D eigenvalue weighted by molar-refractivity contribution is 6.29. The Kier molecular flexibility index (Phi) is 2.97. The molecule has 94 valence electrons. The van der Waals surface area contributed by atoms with Gasteiger partial charge in [0.15, 0.2) is 0 Å². The van der Waals surface area contributed by atoms with Crippen LogP contribution in [0.3, 0.4) is 0 Å². The Morgan fingerprint density at radius 1 is 1.11 bits per heavy atom. The number of hydrogen-bond acceptors (Lipinski definition) is 2. The summed E-state index contributed by atoms with van der Waals surface area (Å²) in [4.78, 5) is 4.41. The molecule has 2 bridgehead atoms. The van der Waals surface area contributed by atoms with Crippen LogP contribution in [0.2, 0.25) is 5.15 Å². The lowest BCUT2D eigenvalue weighted by atomic mass is 9.98. The predicted molar refractivity (Wildman–Crippen MR) is 77.0 cm³/mol. The summed E-state index contributed by atoms with van der Waals surface area (Å²) in [5.74, 6) is 1.37. The third kappa shape index (κ3) is 1.71. The summed E-state index contributed by atoms with van der Waals surface area (Å²) in [5.41, 5.74) is 4.04. The molecule has 0 amide bonds. The van der Waals surface area contributed by atoms with Gasteiger partial charge in [0.1, 0.15) is 5.15 Å². The highest BCUT2D eigenvalue weighted by Gasteiger charge is 2.34. The summed E-state index contributed by atoms with van der Waals surface area (Å²) in [6.45, 7) is 2.23. The number of nitrogens with one attached hydrogen (secondary N) is 1. The molecule has 1 aromatic carbocycles. The number of fused-ring (bicyclic) bond motifs is 6. The van der Waals surface area contributed by atoms with E-state index in [0.717, 1.165) is 18.6 Å². The van der Waals surface area contributed by atoms with E-state index in [9.17, 15) is 0 Å². The molecule has 2 aromatic rings. The maximum atomic E-state index is 5.96. The second kappa shape index (κ2) is 4.37. The number of pyridine rings is 1. The zero-order chi connectivity index (χ0) is 11.4. The fourth-order valence-corrected chi connectivity index (χ4v) is 3.46. The van der Waals surface area contributed by atoms with Gasteiger partial charge in [0.25, 0.3) is 0 Å². The first-order valence-corrected chi connectivity index (χ1v) is 6.50. The molecular formula is C14H14Cl2N2. The Balaban J connectivity index is 0.000001000. The van der Waals surface area contributed by atoms with E-state index in [-0.39, 0.29) is 12.4 Å². The number of hydrogen-bond donors (Lipinski definition) is 1. The van der Waals surface area contributed by atoms with Crippen molar-refractivity contribution < 1.29 is 0 Å². The Morgan fingerprint density at radius 3 is 2.61 bits per heavy atom. The van der Waals surface area contributed by atoms with E-state index in [0.29, 0.717) is 17.0 Å². The van der Waals surface area contributed by atoms with Gasteiger partial charge in [-0.3, -0.25) is 0 Å². The molecule has 4 rings (SSSR count). The van der Waals surface area contributed by atoms with Crippen LogP contribution in [-0.4, -0.2) is 18.1 Å². The van der Waals surface area contributed by atoms with Crippen LogP contribution in [0, 0.1) is 0 Å².